The minimum atomic E-state index is -0.698. The molecule has 1 saturated heterocycles. The number of benzene rings is 1. The van der Waals surface area contributed by atoms with E-state index < -0.39 is 10.8 Å². The molecule has 116 valence electrons. The first-order valence-electron chi connectivity index (χ1n) is 7.18. The van der Waals surface area contributed by atoms with Crippen molar-refractivity contribution in [2.75, 3.05) is 36.5 Å². The summed E-state index contributed by atoms with van der Waals surface area (Å²) in [6.07, 6.45) is 0.920. The summed E-state index contributed by atoms with van der Waals surface area (Å²) in [5.41, 5.74) is 1.63. The van der Waals surface area contributed by atoms with Gasteiger partial charge in [0, 0.05) is 54.6 Å². The van der Waals surface area contributed by atoms with Crippen LogP contribution in [-0.4, -0.2) is 45.2 Å². The summed E-state index contributed by atoms with van der Waals surface area (Å²) in [7, 11) is -0.698. The molecule has 1 aliphatic rings. The molecule has 7 heteroatoms. The highest BCUT2D eigenvalue weighted by molar-refractivity contribution is 7.85. The fraction of sp³-hybridized carbons (Fsp3) is 0.571. The number of nitrogens with zero attached hydrogens (tertiary/aromatic N) is 2. The molecule has 0 spiro atoms. The zero-order chi connectivity index (χ0) is 15.2. The molecule has 0 amide bonds. The molecule has 1 fully saturated rings. The zero-order valence-corrected chi connectivity index (χ0v) is 13.0. The first kappa shape index (κ1) is 15.9. The number of anilines is 1. The lowest BCUT2D eigenvalue weighted by atomic mass is 10.1. The van der Waals surface area contributed by atoms with Gasteiger partial charge in [-0.1, -0.05) is 13.0 Å². The molecule has 1 N–H and O–H groups in total. The molecule has 2 rings (SSSR count). The van der Waals surface area contributed by atoms with Crippen molar-refractivity contribution in [1.29, 1.82) is 0 Å². The molecule has 0 saturated carbocycles. The average molecular weight is 311 g/mol. The molecule has 0 unspecified atom stereocenters. The van der Waals surface area contributed by atoms with E-state index in [1.165, 1.54) is 0 Å². The molecule has 1 heterocycles. The Balaban J connectivity index is 2.08. The number of nitro groups is 1. The quantitative estimate of drug-likeness (QED) is 0.642. The van der Waals surface area contributed by atoms with Crippen molar-refractivity contribution < 1.29 is 9.13 Å². The van der Waals surface area contributed by atoms with E-state index in [0.717, 1.165) is 31.6 Å². The number of nitro benzene ring substituents is 1. The lowest BCUT2D eigenvalue weighted by Crippen LogP contribution is -2.37. The van der Waals surface area contributed by atoms with Gasteiger partial charge in [0.15, 0.2) is 0 Å². The second-order valence-corrected chi connectivity index (χ2v) is 6.86. The van der Waals surface area contributed by atoms with Gasteiger partial charge in [0.05, 0.1) is 4.92 Å². The summed E-state index contributed by atoms with van der Waals surface area (Å²) in [4.78, 5) is 13.0. The number of hydrogen-bond acceptors (Lipinski definition) is 5. The molecule has 6 nitrogen and oxygen atoms in total. The third kappa shape index (κ3) is 4.50. The van der Waals surface area contributed by atoms with E-state index in [9.17, 15) is 14.3 Å². The van der Waals surface area contributed by atoms with Gasteiger partial charge in [0.25, 0.3) is 5.69 Å². The largest absolute Gasteiger partial charge is 0.380 e. The smallest absolute Gasteiger partial charge is 0.292 e. The molecular formula is C14H21N3O3S. The van der Waals surface area contributed by atoms with Crippen LogP contribution in [0.4, 0.5) is 11.4 Å². The third-order valence-electron chi connectivity index (χ3n) is 3.50. The fourth-order valence-electron chi connectivity index (χ4n) is 2.33. The second kappa shape index (κ2) is 7.51. The van der Waals surface area contributed by atoms with Crippen molar-refractivity contribution in [2.45, 2.75) is 19.9 Å². The molecule has 0 bridgehead atoms. The molecule has 21 heavy (non-hydrogen) atoms. The van der Waals surface area contributed by atoms with Crippen LogP contribution in [0.1, 0.15) is 18.9 Å². The summed E-state index contributed by atoms with van der Waals surface area (Å²) in [6.45, 7) is 4.99. The van der Waals surface area contributed by atoms with Crippen LogP contribution in [0.5, 0.6) is 0 Å². The predicted octanol–water partition coefficient (Wildman–Crippen LogP) is 1.98. The van der Waals surface area contributed by atoms with Gasteiger partial charge in [-0.15, -0.1) is 0 Å². The highest BCUT2D eigenvalue weighted by Crippen LogP contribution is 2.26. The van der Waals surface area contributed by atoms with E-state index in [-0.39, 0.29) is 10.6 Å². The first-order valence-corrected chi connectivity index (χ1v) is 8.67. The first-order chi connectivity index (χ1) is 10.1. The molecule has 0 aromatic heterocycles. The Bertz CT molecular complexity index is 526. The molecule has 1 aliphatic heterocycles. The number of nitrogens with one attached hydrogen (secondary N) is 1. The maximum absolute atomic E-state index is 11.3. The average Bonchev–Trinajstić information content (AvgIpc) is 2.48. The van der Waals surface area contributed by atoms with Gasteiger partial charge < -0.3 is 5.32 Å². The summed E-state index contributed by atoms with van der Waals surface area (Å²) < 4.78 is 11.3. The van der Waals surface area contributed by atoms with Crippen LogP contribution in [0.15, 0.2) is 18.2 Å². The van der Waals surface area contributed by atoms with E-state index in [1.807, 2.05) is 13.0 Å². The minimum Gasteiger partial charge on any atom is -0.380 e. The van der Waals surface area contributed by atoms with Crippen molar-refractivity contribution in [2.24, 2.45) is 0 Å². The predicted molar refractivity (Wildman–Crippen MR) is 85.0 cm³/mol. The van der Waals surface area contributed by atoms with Gasteiger partial charge in [0.2, 0.25) is 0 Å². The van der Waals surface area contributed by atoms with Crippen LogP contribution >= 0.6 is 0 Å². The van der Waals surface area contributed by atoms with Gasteiger partial charge in [-0.2, -0.15) is 0 Å². The third-order valence-corrected chi connectivity index (χ3v) is 4.78. The van der Waals surface area contributed by atoms with Crippen LogP contribution in [0.3, 0.4) is 0 Å². The van der Waals surface area contributed by atoms with Gasteiger partial charge in [-0.25, -0.2) is 0 Å². The van der Waals surface area contributed by atoms with Gasteiger partial charge >= 0.3 is 0 Å². The van der Waals surface area contributed by atoms with Crippen molar-refractivity contribution in [3.63, 3.8) is 0 Å². The summed E-state index contributed by atoms with van der Waals surface area (Å²) in [5.74, 6) is 1.39. The summed E-state index contributed by atoms with van der Waals surface area (Å²) >= 11 is 0. The van der Waals surface area contributed by atoms with Crippen molar-refractivity contribution in [3.8, 4) is 0 Å². The Morgan fingerprint density at radius 1 is 1.38 bits per heavy atom. The van der Waals surface area contributed by atoms with Crippen LogP contribution in [-0.2, 0) is 17.3 Å². The number of hydrogen-bond donors (Lipinski definition) is 1. The van der Waals surface area contributed by atoms with Crippen LogP contribution in [0.2, 0.25) is 0 Å². The fourth-order valence-corrected chi connectivity index (χ4v) is 3.46. The topological polar surface area (TPSA) is 75.5 Å². The summed E-state index contributed by atoms with van der Waals surface area (Å²) in [5, 5.41) is 14.3. The second-order valence-electron chi connectivity index (χ2n) is 5.16. The maximum Gasteiger partial charge on any atom is 0.292 e. The molecule has 1 aromatic rings. The van der Waals surface area contributed by atoms with Crippen molar-refractivity contribution in [1.82, 2.24) is 4.90 Å². The summed E-state index contributed by atoms with van der Waals surface area (Å²) in [6, 6.07) is 5.35. The SMILES string of the molecule is CCCNc1ccc(CN2CCS(=O)CC2)cc1[N+](=O)[O-]. The lowest BCUT2D eigenvalue weighted by molar-refractivity contribution is -0.384. The highest BCUT2D eigenvalue weighted by Gasteiger charge is 2.18. The van der Waals surface area contributed by atoms with Gasteiger partial charge in [-0.3, -0.25) is 19.2 Å². The Kier molecular flexibility index (Phi) is 5.69. The van der Waals surface area contributed by atoms with E-state index in [4.69, 9.17) is 0 Å². The van der Waals surface area contributed by atoms with Crippen LogP contribution in [0.25, 0.3) is 0 Å². The Morgan fingerprint density at radius 3 is 2.71 bits per heavy atom. The monoisotopic (exact) mass is 311 g/mol. The highest BCUT2D eigenvalue weighted by atomic mass is 32.2. The van der Waals surface area contributed by atoms with Crippen molar-refractivity contribution in [3.05, 3.63) is 33.9 Å². The minimum absolute atomic E-state index is 0.126. The Morgan fingerprint density at radius 2 is 2.10 bits per heavy atom. The molecule has 0 atom stereocenters. The van der Waals surface area contributed by atoms with Crippen molar-refractivity contribution >= 4 is 22.2 Å². The van der Waals surface area contributed by atoms with Crippen LogP contribution in [0, 0.1) is 10.1 Å². The van der Waals surface area contributed by atoms with Gasteiger partial charge in [0.1, 0.15) is 5.69 Å². The Hall–Kier alpha value is -1.47. The lowest BCUT2D eigenvalue weighted by Gasteiger charge is -2.26. The normalized spacial score (nSPS) is 16.8. The molecule has 0 radical (unpaired) electrons. The van der Waals surface area contributed by atoms with E-state index >= 15 is 0 Å². The number of rotatable bonds is 6. The Labute approximate surface area is 127 Å². The molecule has 0 aliphatic carbocycles. The van der Waals surface area contributed by atoms with E-state index in [2.05, 4.69) is 10.2 Å². The van der Waals surface area contributed by atoms with Gasteiger partial charge in [-0.05, 0) is 18.1 Å². The standard InChI is InChI=1S/C14H21N3O3S/c1-2-5-15-13-4-3-12(10-14(13)17(18)19)11-16-6-8-21(20)9-7-16/h3-4,10,15H,2,5-9,11H2,1H3. The van der Waals surface area contributed by atoms with E-state index in [1.54, 1.807) is 12.1 Å². The van der Waals surface area contributed by atoms with E-state index in [0.29, 0.717) is 23.7 Å². The maximum atomic E-state index is 11.3. The zero-order valence-electron chi connectivity index (χ0n) is 12.2. The van der Waals surface area contributed by atoms with Crippen LogP contribution < -0.4 is 5.32 Å². The molecular weight excluding hydrogens is 290 g/mol. The molecule has 1 aromatic carbocycles.